The van der Waals surface area contributed by atoms with Crippen LogP contribution in [0.3, 0.4) is 0 Å². The molecule has 0 amide bonds. The third-order valence-electron chi connectivity index (χ3n) is 3.63. The molecule has 0 radical (unpaired) electrons. The molecule has 7 nitrogen and oxygen atoms in total. The lowest BCUT2D eigenvalue weighted by molar-refractivity contribution is 0.415. The van der Waals surface area contributed by atoms with E-state index in [0.29, 0.717) is 11.5 Å². The summed E-state index contributed by atoms with van der Waals surface area (Å²) in [5.74, 6) is 1.36. The van der Waals surface area contributed by atoms with Crippen molar-refractivity contribution in [3.63, 3.8) is 0 Å². The Bertz CT molecular complexity index is 1020. The number of anilines is 1. The lowest BCUT2D eigenvalue weighted by Crippen LogP contribution is -1.99. The van der Waals surface area contributed by atoms with Gasteiger partial charge in [0.25, 0.3) is 0 Å². The summed E-state index contributed by atoms with van der Waals surface area (Å²) >= 11 is 0. The first kappa shape index (κ1) is 14.1. The fraction of sp³-hybridized carbons (Fsp3) is 0.0588. The number of hydrogen-bond donors (Lipinski definition) is 1. The number of hydrazone groups is 1. The first-order chi connectivity index (χ1) is 11.8. The smallest absolute Gasteiger partial charge is 0.205 e. The maximum Gasteiger partial charge on any atom is 0.205 e. The number of rotatable bonds is 4. The van der Waals surface area contributed by atoms with Gasteiger partial charge in [0.2, 0.25) is 5.65 Å². The molecular formula is C17H14N6O. The number of nitrogens with zero attached hydrogens (tertiary/aromatic N) is 5. The van der Waals surface area contributed by atoms with Crippen molar-refractivity contribution in [2.45, 2.75) is 0 Å². The van der Waals surface area contributed by atoms with Crippen LogP contribution in [0.2, 0.25) is 0 Å². The highest BCUT2D eigenvalue weighted by Crippen LogP contribution is 2.19. The summed E-state index contributed by atoms with van der Waals surface area (Å²) in [6.07, 6.45) is 3.38. The molecule has 4 aromatic rings. The molecule has 0 unspecified atom stereocenters. The molecular weight excluding hydrogens is 304 g/mol. The molecule has 0 saturated carbocycles. The number of methoxy groups -OCH3 is 1. The topological polar surface area (TPSA) is 76.7 Å². The van der Waals surface area contributed by atoms with Crippen LogP contribution in [0.25, 0.3) is 16.7 Å². The average Bonchev–Trinajstić information content (AvgIpc) is 3.13. The molecule has 0 fully saturated rings. The van der Waals surface area contributed by atoms with Crippen molar-refractivity contribution < 1.29 is 4.74 Å². The number of benzene rings is 2. The Morgan fingerprint density at radius 2 is 1.96 bits per heavy atom. The molecule has 24 heavy (non-hydrogen) atoms. The van der Waals surface area contributed by atoms with Crippen molar-refractivity contribution in [2.75, 3.05) is 12.5 Å². The van der Waals surface area contributed by atoms with E-state index in [-0.39, 0.29) is 0 Å². The second kappa shape index (κ2) is 5.96. The summed E-state index contributed by atoms with van der Waals surface area (Å²) in [5.41, 5.74) is 6.30. The van der Waals surface area contributed by atoms with Crippen LogP contribution in [0.15, 0.2) is 60.0 Å². The van der Waals surface area contributed by atoms with E-state index >= 15 is 0 Å². The molecule has 0 atom stereocenters. The third-order valence-corrected chi connectivity index (χ3v) is 3.63. The van der Waals surface area contributed by atoms with E-state index in [0.717, 1.165) is 22.3 Å². The van der Waals surface area contributed by atoms with Gasteiger partial charge in [0.05, 0.1) is 24.4 Å². The molecule has 0 aliphatic heterocycles. The van der Waals surface area contributed by atoms with Gasteiger partial charge >= 0.3 is 0 Å². The van der Waals surface area contributed by atoms with Crippen molar-refractivity contribution in [1.29, 1.82) is 0 Å². The Kier molecular flexibility index (Phi) is 3.51. The highest BCUT2D eigenvalue weighted by Gasteiger charge is 2.08. The van der Waals surface area contributed by atoms with Crippen LogP contribution in [-0.4, -0.2) is 32.9 Å². The molecule has 2 aromatic heterocycles. The average molecular weight is 318 g/mol. The summed E-state index contributed by atoms with van der Waals surface area (Å²) in [4.78, 5) is 4.57. The number of hydrogen-bond acceptors (Lipinski definition) is 6. The standard InChI is InChI=1S/C17H14N6O/c1-24-13-8-6-12(7-9-13)10-18-21-16-17-22-19-11-23(17)15-5-3-2-4-14(15)20-16/h2-11H,1H3,(H,20,21)/b18-10+. The highest BCUT2D eigenvalue weighted by atomic mass is 16.5. The first-order valence-corrected chi connectivity index (χ1v) is 7.37. The van der Waals surface area contributed by atoms with Gasteiger partial charge in [-0.05, 0) is 42.0 Å². The van der Waals surface area contributed by atoms with Crippen LogP contribution in [0, 0.1) is 0 Å². The summed E-state index contributed by atoms with van der Waals surface area (Å²) < 4.78 is 7.02. The summed E-state index contributed by atoms with van der Waals surface area (Å²) in [7, 11) is 1.64. The molecule has 0 aliphatic rings. The Morgan fingerprint density at radius 3 is 2.79 bits per heavy atom. The zero-order chi connectivity index (χ0) is 16.4. The Labute approximate surface area is 137 Å². The van der Waals surface area contributed by atoms with Crippen LogP contribution >= 0.6 is 0 Å². The van der Waals surface area contributed by atoms with E-state index in [9.17, 15) is 0 Å². The molecule has 118 valence electrons. The normalized spacial score (nSPS) is 11.4. The minimum absolute atomic E-state index is 0.552. The Hall–Kier alpha value is -3.48. The maximum atomic E-state index is 5.14. The van der Waals surface area contributed by atoms with Crippen LogP contribution in [0.4, 0.5) is 5.82 Å². The molecule has 2 heterocycles. The maximum absolute atomic E-state index is 5.14. The fourth-order valence-corrected chi connectivity index (χ4v) is 2.44. The van der Waals surface area contributed by atoms with Gasteiger partial charge in [-0.1, -0.05) is 12.1 Å². The molecule has 2 aromatic carbocycles. The highest BCUT2D eigenvalue weighted by molar-refractivity contribution is 5.84. The molecule has 4 rings (SSSR count). The number of ether oxygens (including phenoxy) is 1. The van der Waals surface area contributed by atoms with E-state index in [1.807, 2.05) is 52.9 Å². The monoisotopic (exact) mass is 318 g/mol. The molecule has 7 heteroatoms. The molecule has 0 aliphatic carbocycles. The number of aromatic nitrogens is 4. The minimum Gasteiger partial charge on any atom is -0.497 e. The fourth-order valence-electron chi connectivity index (χ4n) is 2.44. The minimum atomic E-state index is 0.552. The van der Waals surface area contributed by atoms with E-state index in [4.69, 9.17) is 4.74 Å². The quantitative estimate of drug-likeness (QED) is 0.462. The molecule has 0 spiro atoms. The van der Waals surface area contributed by atoms with Crippen molar-refractivity contribution in [2.24, 2.45) is 5.10 Å². The third kappa shape index (κ3) is 2.52. The Morgan fingerprint density at radius 1 is 1.12 bits per heavy atom. The lowest BCUT2D eigenvalue weighted by atomic mass is 10.2. The zero-order valence-corrected chi connectivity index (χ0v) is 12.9. The van der Waals surface area contributed by atoms with E-state index in [1.54, 1.807) is 19.7 Å². The summed E-state index contributed by atoms with van der Waals surface area (Å²) in [6, 6.07) is 15.4. The van der Waals surface area contributed by atoms with Crippen molar-refractivity contribution in [3.05, 3.63) is 60.4 Å². The number of nitrogens with one attached hydrogen (secondary N) is 1. The second-order valence-corrected chi connectivity index (χ2v) is 5.12. The molecule has 1 N–H and O–H groups in total. The lowest BCUT2D eigenvalue weighted by Gasteiger charge is -2.05. The Balaban J connectivity index is 1.65. The first-order valence-electron chi connectivity index (χ1n) is 7.37. The molecule has 0 saturated heterocycles. The predicted octanol–water partition coefficient (Wildman–Crippen LogP) is 2.73. The van der Waals surface area contributed by atoms with Crippen molar-refractivity contribution in [3.8, 4) is 5.75 Å². The van der Waals surface area contributed by atoms with Gasteiger partial charge in [-0.15, -0.1) is 10.2 Å². The van der Waals surface area contributed by atoms with Crippen LogP contribution < -0.4 is 10.2 Å². The van der Waals surface area contributed by atoms with Gasteiger partial charge in [0.15, 0.2) is 5.82 Å². The van der Waals surface area contributed by atoms with Gasteiger partial charge in [-0.25, -0.2) is 4.98 Å². The molecule has 0 bridgehead atoms. The van der Waals surface area contributed by atoms with Gasteiger partial charge in [-0.2, -0.15) is 5.10 Å². The van der Waals surface area contributed by atoms with Crippen molar-refractivity contribution >= 4 is 28.7 Å². The SMILES string of the molecule is COc1ccc(/C=N/Nc2nc3ccccc3n3cnnc23)cc1. The van der Waals surface area contributed by atoms with Crippen LogP contribution in [0.5, 0.6) is 5.75 Å². The van der Waals surface area contributed by atoms with Gasteiger partial charge in [0, 0.05) is 0 Å². The van der Waals surface area contributed by atoms with Crippen LogP contribution in [0.1, 0.15) is 5.56 Å². The van der Waals surface area contributed by atoms with Gasteiger partial charge < -0.3 is 4.74 Å². The second-order valence-electron chi connectivity index (χ2n) is 5.12. The van der Waals surface area contributed by atoms with Gasteiger partial charge in [-0.3, -0.25) is 9.83 Å². The predicted molar refractivity (Wildman–Crippen MR) is 92.5 cm³/mol. The summed E-state index contributed by atoms with van der Waals surface area (Å²) in [5, 5.41) is 12.3. The van der Waals surface area contributed by atoms with Gasteiger partial charge in [0.1, 0.15) is 12.1 Å². The van der Waals surface area contributed by atoms with Crippen molar-refractivity contribution in [1.82, 2.24) is 19.6 Å². The zero-order valence-electron chi connectivity index (χ0n) is 12.9. The summed E-state index contributed by atoms with van der Waals surface area (Å²) in [6.45, 7) is 0. The van der Waals surface area contributed by atoms with E-state index in [1.165, 1.54) is 0 Å². The number of fused-ring (bicyclic) bond motifs is 3. The van der Waals surface area contributed by atoms with E-state index in [2.05, 4.69) is 25.7 Å². The largest absolute Gasteiger partial charge is 0.497 e. The van der Waals surface area contributed by atoms with E-state index < -0.39 is 0 Å². The van der Waals surface area contributed by atoms with Crippen LogP contribution in [-0.2, 0) is 0 Å². The number of para-hydroxylation sites is 2.